The maximum Gasteiger partial charge on any atom is 0.174 e. The lowest BCUT2D eigenvalue weighted by atomic mass is 10.7. The highest BCUT2D eigenvalue weighted by molar-refractivity contribution is 9.13. The fraction of sp³-hybridized carbons (Fsp3) is 0.429. The number of nitrogens with zero attached hydrogens (tertiary/aromatic N) is 4. The van der Waals surface area contributed by atoms with E-state index < -0.39 is 0 Å². The Labute approximate surface area is 113 Å². The second kappa shape index (κ2) is 5.03. The maximum absolute atomic E-state index is 4.34. The molecule has 82 valence electrons. The monoisotopic (exact) mass is 370 g/mol. The topological polar surface area (TPSA) is 31.7 Å². The molecule has 1 aliphatic rings. The van der Waals surface area contributed by atoms with Gasteiger partial charge in [-0.2, -0.15) is 5.10 Å². The summed E-state index contributed by atoms with van der Waals surface area (Å²) in [6, 6.07) is 0. The third-order valence-corrected chi connectivity index (χ3v) is 5.77. The van der Waals surface area contributed by atoms with Gasteiger partial charge in [0.1, 0.15) is 21.4 Å². The minimum absolute atomic E-state index is 0.815. The number of halogens is 2. The standard InChI is InChI=1S/C7H8Br2N4S2/c1-2-12-3-10-13(4-12)15-7-11-5(8)6(9)14-7/h3H,2,4H2,1H3. The first-order valence-electron chi connectivity index (χ1n) is 4.24. The van der Waals surface area contributed by atoms with Gasteiger partial charge in [-0.1, -0.05) is 11.3 Å². The average molecular weight is 372 g/mol. The van der Waals surface area contributed by atoms with Gasteiger partial charge in [0.2, 0.25) is 0 Å². The molecule has 2 rings (SSSR count). The zero-order valence-corrected chi connectivity index (χ0v) is 12.7. The maximum atomic E-state index is 4.34. The molecule has 0 fully saturated rings. The van der Waals surface area contributed by atoms with Gasteiger partial charge in [-0.15, -0.1) is 0 Å². The summed E-state index contributed by atoms with van der Waals surface area (Å²) in [6.07, 6.45) is 1.85. The minimum atomic E-state index is 0.815. The molecule has 4 nitrogen and oxygen atoms in total. The lowest BCUT2D eigenvalue weighted by Gasteiger charge is -2.14. The van der Waals surface area contributed by atoms with E-state index in [-0.39, 0.29) is 0 Å². The molecule has 0 aliphatic carbocycles. The molecule has 1 aliphatic heterocycles. The van der Waals surface area contributed by atoms with Crippen molar-refractivity contribution in [2.24, 2.45) is 5.10 Å². The Kier molecular flexibility index (Phi) is 3.92. The van der Waals surface area contributed by atoms with Gasteiger partial charge < -0.3 is 4.90 Å². The van der Waals surface area contributed by atoms with E-state index in [1.165, 1.54) is 0 Å². The largest absolute Gasteiger partial charge is 0.341 e. The van der Waals surface area contributed by atoms with E-state index in [1.807, 2.05) is 10.8 Å². The van der Waals surface area contributed by atoms with Crippen molar-refractivity contribution >= 4 is 61.5 Å². The van der Waals surface area contributed by atoms with Crippen LogP contribution in [0.3, 0.4) is 0 Å². The van der Waals surface area contributed by atoms with Gasteiger partial charge in [-0.25, -0.2) is 9.40 Å². The van der Waals surface area contributed by atoms with E-state index in [1.54, 1.807) is 23.3 Å². The Balaban J connectivity index is 1.96. The van der Waals surface area contributed by atoms with Gasteiger partial charge >= 0.3 is 0 Å². The fourth-order valence-corrected chi connectivity index (χ4v) is 4.20. The molecule has 0 spiro atoms. The molecule has 0 radical (unpaired) electrons. The van der Waals surface area contributed by atoms with E-state index in [0.717, 1.165) is 25.9 Å². The number of hydrogen-bond donors (Lipinski definition) is 0. The number of thiazole rings is 1. The second-order valence-electron chi connectivity index (χ2n) is 2.77. The summed E-state index contributed by atoms with van der Waals surface area (Å²) in [5.74, 6) is 0. The van der Waals surface area contributed by atoms with Crippen molar-refractivity contribution in [3.63, 3.8) is 0 Å². The SMILES string of the molecule is CCN1C=NN(Sc2nc(Br)c(Br)s2)C1. The zero-order chi connectivity index (χ0) is 10.8. The van der Waals surface area contributed by atoms with Crippen molar-refractivity contribution in [2.75, 3.05) is 13.2 Å². The molecule has 0 atom stereocenters. The summed E-state index contributed by atoms with van der Waals surface area (Å²) in [5, 5.41) is 4.26. The molecule has 0 unspecified atom stereocenters. The summed E-state index contributed by atoms with van der Waals surface area (Å²) in [4.78, 5) is 6.47. The third kappa shape index (κ3) is 2.86. The molecule has 15 heavy (non-hydrogen) atoms. The number of rotatable bonds is 3. The van der Waals surface area contributed by atoms with Crippen LogP contribution >= 0.6 is 55.1 Å². The molecular weight excluding hydrogens is 364 g/mol. The predicted octanol–water partition coefficient (Wildman–Crippen LogP) is 3.21. The van der Waals surface area contributed by atoms with Crippen molar-refractivity contribution in [3.05, 3.63) is 8.39 Å². The van der Waals surface area contributed by atoms with Crippen LogP contribution in [-0.4, -0.2) is 33.9 Å². The van der Waals surface area contributed by atoms with Gasteiger partial charge in [-0.3, -0.25) is 0 Å². The van der Waals surface area contributed by atoms with E-state index in [4.69, 9.17) is 0 Å². The van der Waals surface area contributed by atoms with Gasteiger partial charge in [0.25, 0.3) is 0 Å². The van der Waals surface area contributed by atoms with Crippen LogP contribution in [0.1, 0.15) is 6.92 Å². The summed E-state index contributed by atoms with van der Waals surface area (Å²) < 4.78 is 4.76. The van der Waals surface area contributed by atoms with E-state index in [9.17, 15) is 0 Å². The van der Waals surface area contributed by atoms with Crippen molar-refractivity contribution in [2.45, 2.75) is 11.3 Å². The van der Waals surface area contributed by atoms with E-state index in [0.29, 0.717) is 0 Å². The van der Waals surface area contributed by atoms with Crippen LogP contribution < -0.4 is 0 Å². The van der Waals surface area contributed by atoms with Gasteiger partial charge in [-0.05, 0) is 38.8 Å². The van der Waals surface area contributed by atoms with Crippen LogP contribution in [0.4, 0.5) is 0 Å². The molecule has 0 N–H and O–H groups in total. The molecule has 0 saturated carbocycles. The van der Waals surface area contributed by atoms with E-state index >= 15 is 0 Å². The summed E-state index contributed by atoms with van der Waals surface area (Å²) in [5.41, 5.74) is 0. The van der Waals surface area contributed by atoms with Gasteiger partial charge in [0.05, 0.1) is 0 Å². The second-order valence-corrected chi connectivity index (χ2v) is 7.08. The van der Waals surface area contributed by atoms with Gasteiger partial charge in [0.15, 0.2) is 4.34 Å². The van der Waals surface area contributed by atoms with Crippen molar-refractivity contribution in [1.29, 1.82) is 0 Å². The van der Waals surface area contributed by atoms with Crippen molar-refractivity contribution in [3.8, 4) is 0 Å². The number of aromatic nitrogens is 1. The number of hydrazone groups is 1. The molecule has 0 saturated heterocycles. The first-order valence-corrected chi connectivity index (χ1v) is 7.42. The normalized spacial score (nSPS) is 15.4. The Morgan fingerprint density at radius 3 is 2.93 bits per heavy atom. The summed E-state index contributed by atoms with van der Waals surface area (Å²) in [6.45, 7) is 3.90. The minimum Gasteiger partial charge on any atom is -0.341 e. The van der Waals surface area contributed by atoms with Crippen LogP contribution in [0, 0.1) is 0 Å². The molecule has 8 heteroatoms. The van der Waals surface area contributed by atoms with Crippen LogP contribution in [0.2, 0.25) is 0 Å². The van der Waals surface area contributed by atoms with E-state index in [2.05, 4.69) is 53.8 Å². The van der Waals surface area contributed by atoms with Crippen LogP contribution in [0.25, 0.3) is 0 Å². The highest BCUT2D eigenvalue weighted by atomic mass is 79.9. The molecular formula is C7H8Br2N4S2. The first kappa shape index (κ1) is 11.7. The Bertz CT molecular complexity index is 362. The summed E-state index contributed by atoms with van der Waals surface area (Å²) >= 11 is 9.93. The average Bonchev–Trinajstić information content (AvgIpc) is 2.76. The third-order valence-electron chi connectivity index (χ3n) is 1.76. The molecule has 0 aromatic carbocycles. The zero-order valence-electron chi connectivity index (χ0n) is 7.85. The lowest BCUT2D eigenvalue weighted by Crippen LogP contribution is -2.22. The molecule has 0 bridgehead atoms. The summed E-state index contributed by atoms with van der Waals surface area (Å²) in [7, 11) is 0. The first-order chi connectivity index (χ1) is 7.19. The highest BCUT2D eigenvalue weighted by Gasteiger charge is 2.16. The Morgan fingerprint density at radius 2 is 2.40 bits per heavy atom. The van der Waals surface area contributed by atoms with Gasteiger partial charge in [0, 0.05) is 18.5 Å². The molecule has 1 aromatic heterocycles. The predicted molar refractivity (Wildman–Crippen MR) is 70.9 cm³/mol. The molecule has 1 aromatic rings. The Hall–Kier alpha value is 0.210. The lowest BCUT2D eigenvalue weighted by molar-refractivity contribution is 0.370. The van der Waals surface area contributed by atoms with Crippen molar-refractivity contribution < 1.29 is 0 Å². The van der Waals surface area contributed by atoms with Crippen LogP contribution in [0.15, 0.2) is 17.8 Å². The highest BCUT2D eigenvalue weighted by Crippen LogP contribution is 2.36. The quantitative estimate of drug-likeness (QED) is 0.763. The fourth-order valence-electron chi connectivity index (χ4n) is 0.988. The number of hydrogen-bond acceptors (Lipinski definition) is 6. The molecule has 2 heterocycles. The Morgan fingerprint density at radius 1 is 1.60 bits per heavy atom. The molecule has 0 amide bonds. The van der Waals surface area contributed by atoms with Crippen LogP contribution in [0.5, 0.6) is 0 Å². The van der Waals surface area contributed by atoms with Crippen LogP contribution in [-0.2, 0) is 0 Å². The smallest absolute Gasteiger partial charge is 0.174 e. The van der Waals surface area contributed by atoms with Crippen molar-refractivity contribution in [1.82, 2.24) is 14.3 Å².